The molecule has 4 heterocycles. The van der Waals surface area contributed by atoms with Crippen molar-refractivity contribution in [1.82, 2.24) is 25.1 Å². The highest BCUT2D eigenvalue weighted by Crippen LogP contribution is 2.37. The number of hydrogen-bond donors (Lipinski definition) is 2. The molecule has 8 nitrogen and oxygen atoms in total. The smallest absolute Gasteiger partial charge is 0.228 e. The molecule has 1 aliphatic carbocycles. The van der Waals surface area contributed by atoms with Crippen LogP contribution in [0.5, 0.6) is 11.6 Å². The van der Waals surface area contributed by atoms with Crippen LogP contribution in [0.1, 0.15) is 28.8 Å². The zero-order valence-electron chi connectivity index (χ0n) is 21.2. The van der Waals surface area contributed by atoms with Gasteiger partial charge in [-0.3, -0.25) is 0 Å². The molecule has 0 atom stereocenters. The van der Waals surface area contributed by atoms with Gasteiger partial charge < -0.3 is 15.4 Å². The maximum Gasteiger partial charge on any atom is 0.228 e. The summed E-state index contributed by atoms with van der Waals surface area (Å²) in [5.74, 6) is 2.53. The highest BCUT2D eigenvalue weighted by atomic mass is 32.1. The molecule has 0 amide bonds. The van der Waals surface area contributed by atoms with E-state index in [2.05, 4.69) is 54.8 Å². The number of nitrogens with zero attached hydrogens (tertiary/aromatic N) is 5. The Morgan fingerprint density at radius 2 is 1.71 bits per heavy atom. The highest BCUT2D eigenvalue weighted by molar-refractivity contribution is 7.15. The van der Waals surface area contributed by atoms with Crippen molar-refractivity contribution in [2.75, 3.05) is 17.7 Å². The van der Waals surface area contributed by atoms with Gasteiger partial charge in [0.1, 0.15) is 11.4 Å². The standard InChI is InChI=1S/C29H27N7OS/c1-18-9-14-25(38-18)26-21-6-3-4-7-22(21)27(36-35-26)33-19-10-12-20(13-11-19)37-28-23(8-5-16-31-28)24-15-17-32-29(30-2)34-24/h5,8-17H,3-4,6-7H2,1-2H3,(H,33,36)(H,30,32,34). The fourth-order valence-corrected chi connectivity index (χ4v) is 5.54. The van der Waals surface area contributed by atoms with Crippen molar-refractivity contribution in [3.63, 3.8) is 0 Å². The quantitative estimate of drug-likeness (QED) is 0.241. The molecule has 0 saturated carbocycles. The van der Waals surface area contributed by atoms with Gasteiger partial charge in [0.05, 0.1) is 16.1 Å². The van der Waals surface area contributed by atoms with E-state index in [9.17, 15) is 0 Å². The molecule has 0 spiro atoms. The average molecular weight is 522 g/mol. The number of benzene rings is 1. The van der Waals surface area contributed by atoms with E-state index in [0.717, 1.165) is 47.7 Å². The number of rotatable bonds is 7. The molecule has 6 rings (SSSR count). The topological polar surface area (TPSA) is 97.7 Å². The van der Waals surface area contributed by atoms with Gasteiger partial charge in [-0.15, -0.1) is 21.5 Å². The fourth-order valence-electron chi connectivity index (χ4n) is 4.66. The van der Waals surface area contributed by atoms with Crippen LogP contribution in [0.15, 0.2) is 67.0 Å². The highest BCUT2D eigenvalue weighted by Gasteiger charge is 2.21. The first-order valence-corrected chi connectivity index (χ1v) is 13.5. The lowest BCUT2D eigenvalue weighted by Crippen LogP contribution is -2.11. The number of nitrogens with one attached hydrogen (secondary N) is 2. The molecule has 0 unspecified atom stereocenters. The van der Waals surface area contributed by atoms with E-state index >= 15 is 0 Å². The summed E-state index contributed by atoms with van der Waals surface area (Å²) in [4.78, 5) is 15.6. The predicted octanol–water partition coefficient (Wildman–Crippen LogP) is 6.82. The number of aryl methyl sites for hydroxylation is 1. The van der Waals surface area contributed by atoms with Crippen LogP contribution in [0.2, 0.25) is 0 Å². The van der Waals surface area contributed by atoms with Crippen molar-refractivity contribution in [2.45, 2.75) is 32.6 Å². The Kier molecular flexibility index (Phi) is 6.66. The van der Waals surface area contributed by atoms with Crippen molar-refractivity contribution in [3.8, 4) is 33.5 Å². The van der Waals surface area contributed by atoms with E-state index in [1.807, 2.05) is 42.5 Å². The number of aromatic nitrogens is 5. The number of anilines is 3. The van der Waals surface area contributed by atoms with Gasteiger partial charge in [-0.05, 0) is 92.8 Å². The zero-order valence-corrected chi connectivity index (χ0v) is 22.0. The predicted molar refractivity (Wildman–Crippen MR) is 151 cm³/mol. The van der Waals surface area contributed by atoms with Gasteiger partial charge in [0.25, 0.3) is 0 Å². The van der Waals surface area contributed by atoms with E-state index in [0.29, 0.717) is 17.6 Å². The lowest BCUT2D eigenvalue weighted by Gasteiger charge is -2.21. The van der Waals surface area contributed by atoms with Gasteiger partial charge in [-0.2, -0.15) is 0 Å². The Balaban J connectivity index is 1.23. The molecule has 9 heteroatoms. The Hall–Kier alpha value is -4.37. The van der Waals surface area contributed by atoms with Crippen molar-refractivity contribution in [1.29, 1.82) is 0 Å². The average Bonchev–Trinajstić information content (AvgIpc) is 3.40. The van der Waals surface area contributed by atoms with E-state index in [1.54, 1.807) is 30.8 Å². The van der Waals surface area contributed by atoms with Crippen molar-refractivity contribution >= 4 is 28.8 Å². The molecule has 1 aromatic carbocycles. The van der Waals surface area contributed by atoms with Crippen LogP contribution < -0.4 is 15.4 Å². The second kappa shape index (κ2) is 10.5. The Morgan fingerprint density at radius 1 is 0.868 bits per heavy atom. The molecular formula is C29H27N7OS. The van der Waals surface area contributed by atoms with Crippen LogP contribution in [0.4, 0.5) is 17.5 Å². The third-order valence-corrected chi connectivity index (χ3v) is 7.53. The summed E-state index contributed by atoms with van der Waals surface area (Å²) >= 11 is 1.77. The normalized spacial score (nSPS) is 12.6. The molecule has 38 heavy (non-hydrogen) atoms. The Morgan fingerprint density at radius 3 is 2.50 bits per heavy atom. The summed E-state index contributed by atoms with van der Waals surface area (Å²) in [6, 6.07) is 17.7. The van der Waals surface area contributed by atoms with Crippen LogP contribution >= 0.6 is 11.3 Å². The van der Waals surface area contributed by atoms with Gasteiger partial charge in [0.2, 0.25) is 11.8 Å². The van der Waals surface area contributed by atoms with Crippen LogP contribution in [-0.4, -0.2) is 32.2 Å². The Bertz CT molecular complexity index is 1580. The van der Waals surface area contributed by atoms with E-state index in [1.165, 1.54) is 27.3 Å². The summed E-state index contributed by atoms with van der Waals surface area (Å²) in [6.07, 6.45) is 7.80. The first-order chi connectivity index (χ1) is 18.7. The summed E-state index contributed by atoms with van der Waals surface area (Å²) in [5, 5.41) is 15.7. The molecule has 2 N–H and O–H groups in total. The van der Waals surface area contributed by atoms with Crippen molar-refractivity contribution < 1.29 is 4.74 Å². The van der Waals surface area contributed by atoms with Gasteiger partial charge in [0, 0.05) is 35.6 Å². The molecular weight excluding hydrogens is 494 g/mol. The van der Waals surface area contributed by atoms with E-state index < -0.39 is 0 Å². The first kappa shape index (κ1) is 24.0. The van der Waals surface area contributed by atoms with Gasteiger partial charge in [-0.25, -0.2) is 15.0 Å². The summed E-state index contributed by atoms with van der Waals surface area (Å²) in [7, 11) is 1.79. The maximum atomic E-state index is 6.15. The SMILES string of the molecule is CNc1nccc(-c2cccnc2Oc2ccc(Nc3nnc(-c4ccc(C)s4)c4c3CCCC4)cc2)n1. The third kappa shape index (κ3) is 4.92. The molecule has 0 radical (unpaired) electrons. The molecule has 0 bridgehead atoms. The molecule has 0 fully saturated rings. The molecule has 0 saturated heterocycles. The largest absolute Gasteiger partial charge is 0.438 e. The lowest BCUT2D eigenvalue weighted by molar-refractivity contribution is 0.465. The lowest BCUT2D eigenvalue weighted by atomic mass is 9.90. The van der Waals surface area contributed by atoms with Crippen LogP contribution in [0, 0.1) is 6.92 Å². The second-order valence-electron chi connectivity index (χ2n) is 9.09. The van der Waals surface area contributed by atoms with Gasteiger partial charge in [-0.1, -0.05) is 0 Å². The number of thiophene rings is 1. The number of fused-ring (bicyclic) bond motifs is 1. The first-order valence-electron chi connectivity index (χ1n) is 12.6. The minimum Gasteiger partial charge on any atom is -0.438 e. The fraction of sp³-hybridized carbons (Fsp3) is 0.207. The molecule has 4 aromatic heterocycles. The second-order valence-corrected chi connectivity index (χ2v) is 10.4. The van der Waals surface area contributed by atoms with Gasteiger partial charge in [0.15, 0.2) is 5.82 Å². The van der Waals surface area contributed by atoms with Crippen LogP contribution in [-0.2, 0) is 12.8 Å². The summed E-state index contributed by atoms with van der Waals surface area (Å²) in [5.41, 5.74) is 6.08. The summed E-state index contributed by atoms with van der Waals surface area (Å²) in [6.45, 7) is 2.13. The van der Waals surface area contributed by atoms with Gasteiger partial charge >= 0.3 is 0 Å². The third-order valence-electron chi connectivity index (χ3n) is 6.52. The molecule has 5 aromatic rings. The molecule has 190 valence electrons. The van der Waals surface area contributed by atoms with E-state index in [-0.39, 0.29) is 0 Å². The zero-order chi connectivity index (χ0) is 25.9. The number of pyridine rings is 1. The molecule has 1 aliphatic rings. The number of hydrogen-bond acceptors (Lipinski definition) is 9. The minimum atomic E-state index is 0.480. The minimum absolute atomic E-state index is 0.480. The van der Waals surface area contributed by atoms with Crippen molar-refractivity contribution in [2.24, 2.45) is 0 Å². The van der Waals surface area contributed by atoms with Crippen LogP contribution in [0.3, 0.4) is 0 Å². The van der Waals surface area contributed by atoms with Crippen molar-refractivity contribution in [3.05, 3.63) is 83.0 Å². The van der Waals surface area contributed by atoms with E-state index in [4.69, 9.17) is 4.74 Å². The maximum absolute atomic E-state index is 6.15. The van der Waals surface area contributed by atoms with Crippen LogP contribution in [0.25, 0.3) is 21.8 Å². The number of ether oxygens (including phenoxy) is 1. The summed E-state index contributed by atoms with van der Waals surface area (Å²) < 4.78 is 6.15. The molecule has 0 aliphatic heterocycles. The Labute approximate surface area is 225 Å². The monoisotopic (exact) mass is 521 g/mol.